The lowest BCUT2D eigenvalue weighted by molar-refractivity contribution is 0.577. The molecule has 0 saturated carbocycles. The Kier molecular flexibility index (Phi) is 4.85. The van der Waals surface area contributed by atoms with Crippen molar-refractivity contribution in [3.05, 3.63) is 59.6 Å². The number of nitrogens with two attached hydrogens (primary N) is 1. The number of nitrogens with zero attached hydrogens (tertiary/aromatic N) is 10. The Balaban J connectivity index is 1.23. The van der Waals surface area contributed by atoms with E-state index >= 15 is 0 Å². The van der Waals surface area contributed by atoms with Gasteiger partial charge < -0.3 is 15.5 Å². The number of nitrogens with one attached hydrogen (secondary N) is 1. The molecule has 0 aliphatic carbocycles. The first kappa shape index (κ1) is 19.1. The normalized spacial score (nSPS) is 11.0. The average Bonchev–Trinajstić information content (AvgIpc) is 3.55. The van der Waals surface area contributed by atoms with Gasteiger partial charge in [0, 0.05) is 12.1 Å². The predicted molar refractivity (Wildman–Crippen MR) is 113 cm³/mol. The van der Waals surface area contributed by atoms with E-state index in [-0.39, 0.29) is 12.6 Å². The Morgan fingerprint density at radius 2 is 1.94 bits per heavy atom. The van der Waals surface area contributed by atoms with E-state index in [4.69, 9.17) is 16.7 Å². The first-order chi connectivity index (χ1) is 15.7. The largest absolute Gasteiger partial charge is 0.461 e. The number of hydrogen-bond donors (Lipinski definition) is 2. The van der Waals surface area contributed by atoms with Crippen LogP contribution in [0.15, 0.2) is 47.1 Å². The smallest absolute Gasteiger partial charge is 0.325 e. The van der Waals surface area contributed by atoms with Gasteiger partial charge in [0.15, 0.2) is 5.76 Å². The summed E-state index contributed by atoms with van der Waals surface area (Å²) in [5.41, 5.74) is 7.94. The van der Waals surface area contributed by atoms with Crippen LogP contribution in [0.1, 0.15) is 5.56 Å². The highest BCUT2D eigenvalue weighted by Crippen LogP contribution is 2.18. The Hall–Kier alpha value is -4.86. The summed E-state index contributed by atoms with van der Waals surface area (Å²) >= 11 is 0. The summed E-state index contributed by atoms with van der Waals surface area (Å²) in [6.07, 6.45) is 2.28. The number of anilines is 2. The zero-order chi connectivity index (χ0) is 21.9. The lowest BCUT2D eigenvalue weighted by atomic mass is 10.1. The van der Waals surface area contributed by atoms with Crippen LogP contribution in [0.25, 0.3) is 33.6 Å². The average molecular weight is 428 g/mol. The molecule has 0 atom stereocenters. The zero-order valence-corrected chi connectivity index (χ0v) is 16.6. The van der Waals surface area contributed by atoms with Crippen LogP contribution >= 0.6 is 0 Å². The van der Waals surface area contributed by atoms with Crippen molar-refractivity contribution >= 4 is 17.7 Å². The molecule has 13 heteroatoms. The third-order valence-electron chi connectivity index (χ3n) is 4.53. The van der Waals surface area contributed by atoms with E-state index in [0.717, 1.165) is 17.5 Å². The molecular weight excluding hydrogens is 412 g/mol. The van der Waals surface area contributed by atoms with Gasteiger partial charge in [-0.2, -0.15) is 19.5 Å². The molecule has 0 aliphatic rings. The van der Waals surface area contributed by atoms with Crippen molar-refractivity contribution in [1.82, 2.24) is 44.8 Å². The van der Waals surface area contributed by atoms with Gasteiger partial charge in [0.1, 0.15) is 0 Å². The van der Waals surface area contributed by atoms with Gasteiger partial charge in [-0.15, -0.1) is 15.3 Å². The number of nitrogen functional groups attached to an aromatic ring is 1. The molecule has 5 rings (SSSR count). The van der Waals surface area contributed by atoms with Crippen molar-refractivity contribution < 1.29 is 4.42 Å². The quantitative estimate of drug-likeness (QED) is 0.365. The third kappa shape index (κ3) is 3.79. The lowest BCUT2D eigenvalue weighted by Crippen LogP contribution is -2.12. The SMILES string of the molecule is [C-]#[N+]Cn1nnc(-c2ccc(CCNc3nc(N)n4nc(-c5ccco5)nc4n3)cc2)n1. The highest BCUT2D eigenvalue weighted by molar-refractivity contribution is 5.54. The summed E-state index contributed by atoms with van der Waals surface area (Å²) in [7, 11) is 0. The molecule has 0 unspecified atom stereocenters. The zero-order valence-electron chi connectivity index (χ0n) is 16.6. The molecule has 0 radical (unpaired) electrons. The molecule has 0 amide bonds. The molecule has 3 N–H and O–H groups in total. The second kappa shape index (κ2) is 8.11. The second-order valence-corrected chi connectivity index (χ2v) is 6.69. The van der Waals surface area contributed by atoms with Gasteiger partial charge >= 0.3 is 6.67 Å². The summed E-state index contributed by atoms with van der Waals surface area (Å²) < 4.78 is 6.68. The van der Waals surface area contributed by atoms with Crippen LogP contribution in [0.2, 0.25) is 0 Å². The minimum absolute atomic E-state index is 0.0497. The minimum Gasteiger partial charge on any atom is -0.461 e. The third-order valence-corrected chi connectivity index (χ3v) is 4.53. The minimum atomic E-state index is 0.0497. The Labute approximate surface area is 180 Å². The Bertz CT molecular complexity index is 1390. The van der Waals surface area contributed by atoms with E-state index in [1.165, 1.54) is 9.31 Å². The van der Waals surface area contributed by atoms with E-state index in [0.29, 0.717) is 35.7 Å². The number of furan rings is 1. The summed E-state index contributed by atoms with van der Waals surface area (Å²) in [5, 5.41) is 19.4. The van der Waals surface area contributed by atoms with Crippen LogP contribution in [0.3, 0.4) is 0 Å². The highest BCUT2D eigenvalue weighted by atomic mass is 16.3. The molecular formula is C19H16N12O. The molecule has 32 heavy (non-hydrogen) atoms. The van der Waals surface area contributed by atoms with Gasteiger partial charge in [-0.1, -0.05) is 29.1 Å². The number of aromatic nitrogens is 9. The summed E-state index contributed by atoms with van der Waals surface area (Å²) in [6, 6.07) is 11.3. The van der Waals surface area contributed by atoms with Gasteiger partial charge in [-0.3, -0.25) is 4.85 Å². The Morgan fingerprint density at radius 1 is 1.06 bits per heavy atom. The molecule has 0 bridgehead atoms. The number of hydrogen-bond acceptors (Lipinski definition) is 10. The van der Waals surface area contributed by atoms with Crippen molar-refractivity contribution in [2.75, 3.05) is 17.6 Å². The molecule has 4 aromatic heterocycles. The fourth-order valence-corrected chi connectivity index (χ4v) is 3.02. The molecule has 0 saturated heterocycles. The fourth-order valence-electron chi connectivity index (χ4n) is 3.02. The summed E-state index contributed by atoms with van der Waals surface area (Å²) in [6.45, 7) is 7.49. The van der Waals surface area contributed by atoms with Crippen molar-refractivity contribution in [3.63, 3.8) is 0 Å². The van der Waals surface area contributed by atoms with Gasteiger partial charge in [-0.25, -0.2) is 6.57 Å². The van der Waals surface area contributed by atoms with E-state index < -0.39 is 0 Å². The predicted octanol–water partition coefficient (Wildman–Crippen LogP) is 1.55. The molecule has 0 aliphatic heterocycles. The molecule has 0 fully saturated rings. The van der Waals surface area contributed by atoms with E-state index in [1.54, 1.807) is 18.4 Å². The van der Waals surface area contributed by atoms with Crippen molar-refractivity contribution in [2.24, 2.45) is 0 Å². The first-order valence-electron chi connectivity index (χ1n) is 9.58. The van der Waals surface area contributed by atoms with Crippen LogP contribution in [-0.4, -0.2) is 51.3 Å². The number of benzene rings is 1. The van der Waals surface area contributed by atoms with Gasteiger partial charge in [-0.05, 0) is 29.3 Å². The molecule has 5 aromatic rings. The summed E-state index contributed by atoms with van der Waals surface area (Å²) in [5.74, 6) is 2.26. The lowest BCUT2D eigenvalue weighted by Gasteiger charge is -2.06. The standard InChI is InChI=1S/C19H16N12O/c1-21-11-30-27-15(26-29-30)13-6-4-12(5-7-13)8-9-22-18-24-17(20)31-19(25-18)23-16(28-31)14-3-2-10-32-14/h2-7,10H,8-9,11H2,(H3,20,22,23,24,25,28). The number of fused-ring (bicyclic) bond motifs is 1. The Morgan fingerprint density at radius 3 is 2.72 bits per heavy atom. The van der Waals surface area contributed by atoms with E-state index in [9.17, 15) is 0 Å². The van der Waals surface area contributed by atoms with E-state index in [1.807, 2.05) is 24.3 Å². The van der Waals surface area contributed by atoms with E-state index in [2.05, 4.69) is 45.6 Å². The maximum Gasteiger partial charge on any atom is 0.325 e. The second-order valence-electron chi connectivity index (χ2n) is 6.69. The molecule has 4 heterocycles. The fraction of sp³-hybridized carbons (Fsp3) is 0.158. The monoisotopic (exact) mass is 428 g/mol. The molecule has 158 valence electrons. The van der Waals surface area contributed by atoms with Crippen molar-refractivity contribution in [1.29, 1.82) is 0 Å². The van der Waals surface area contributed by atoms with Gasteiger partial charge in [0.05, 0.1) is 6.26 Å². The molecule has 13 nitrogen and oxygen atoms in total. The van der Waals surface area contributed by atoms with Crippen LogP contribution < -0.4 is 11.1 Å². The van der Waals surface area contributed by atoms with Crippen LogP contribution in [0.4, 0.5) is 11.9 Å². The van der Waals surface area contributed by atoms with Crippen molar-refractivity contribution in [2.45, 2.75) is 13.1 Å². The maximum absolute atomic E-state index is 6.85. The summed E-state index contributed by atoms with van der Waals surface area (Å²) in [4.78, 5) is 17.4. The van der Waals surface area contributed by atoms with Gasteiger partial charge in [0.25, 0.3) is 5.78 Å². The van der Waals surface area contributed by atoms with Gasteiger partial charge in [0.2, 0.25) is 23.5 Å². The number of tetrazole rings is 1. The van der Waals surface area contributed by atoms with Crippen molar-refractivity contribution in [3.8, 4) is 23.0 Å². The topological polar surface area (TPSA) is 155 Å². The number of rotatable bonds is 7. The van der Waals surface area contributed by atoms with Crippen LogP contribution in [-0.2, 0) is 13.1 Å². The first-order valence-corrected chi connectivity index (χ1v) is 9.58. The molecule has 0 spiro atoms. The maximum atomic E-state index is 6.85. The van der Waals surface area contributed by atoms with Crippen LogP contribution in [0, 0.1) is 6.57 Å². The van der Waals surface area contributed by atoms with Crippen LogP contribution in [0.5, 0.6) is 0 Å². The molecule has 1 aromatic carbocycles. The highest BCUT2D eigenvalue weighted by Gasteiger charge is 2.13.